The first-order valence-corrected chi connectivity index (χ1v) is 6.56. The summed E-state index contributed by atoms with van der Waals surface area (Å²) in [5, 5.41) is 10.9. The fourth-order valence-electron chi connectivity index (χ4n) is 2.32. The molecule has 8 nitrogen and oxygen atoms in total. The van der Waals surface area contributed by atoms with E-state index < -0.39 is 11.8 Å². The van der Waals surface area contributed by atoms with Crippen LogP contribution in [-0.4, -0.2) is 31.2 Å². The number of primary amides is 1. The lowest BCUT2D eigenvalue weighted by Gasteiger charge is -2.04. The summed E-state index contributed by atoms with van der Waals surface area (Å²) < 4.78 is 2.94. The van der Waals surface area contributed by atoms with Crippen molar-refractivity contribution in [3.63, 3.8) is 0 Å². The molecule has 0 spiro atoms. The number of anilines is 1. The smallest absolute Gasteiger partial charge is 0.276 e. The highest BCUT2D eigenvalue weighted by Crippen LogP contribution is 2.20. The molecule has 3 aromatic heterocycles. The van der Waals surface area contributed by atoms with Crippen molar-refractivity contribution in [2.75, 3.05) is 5.32 Å². The fraction of sp³-hybridized carbons (Fsp3) is 0.143. The molecule has 0 saturated carbocycles. The molecular weight excluding hydrogens is 284 g/mol. The SMILES string of the molecule is Cc1nn(C)c(C(N)=O)c1NC(=O)c1cc2ccccn2n1. The zero-order chi connectivity index (χ0) is 15.9. The number of hydrogen-bond acceptors (Lipinski definition) is 4. The molecule has 0 saturated heterocycles. The minimum absolute atomic E-state index is 0.148. The molecule has 0 radical (unpaired) electrons. The third-order valence-corrected chi connectivity index (χ3v) is 3.30. The summed E-state index contributed by atoms with van der Waals surface area (Å²) in [5.41, 5.74) is 7.33. The van der Waals surface area contributed by atoms with Crippen molar-refractivity contribution in [2.24, 2.45) is 12.8 Å². The predicted molar refractivity (Wildman–Crippen MR) is 79.6 cm³/mol. The van der Waals surface area contributed by atoms with E-state index in [0.29, 0.717) is 11.4 Å². The molecule has 3 rings (SSSR count). The molecule has 0 bridgehead atoms. The van der Waals surface area contributed by atoms with Crippen LogP contribution < -0.4 is 11.1 Å². The summed E-state index contributed by atoms with van der Waals surface area (Å²) in [5.74, 6) is -1.09. The van der Waals surface area contributed by atoms with Crippen LogP contribution in [0.3, 0.4) is 0 Å². The maximum absolute atomic E-state index is 12.3. The van der Waals surface area contributed by atoms with Crippen LogP contribution in [0.2, 0.25) is 0 Å². The number of rotatable bonds is 3. The highest BCUT2D eigenvalue weighted by molar-refractivity contribution is 6.08. The van der Waals surface area contributed by atoms with E-state index in [1.54, 1.807) is 30.8 Å². The Morgan fingerprint density at radius 2 is 2.05 bits per heavy atom. The normalized spacial score (nSPS) is 10.8. The summed E-state index contributed by atoms with van der Waals surface area (Å²) in [6.07, 6.45) is 1.75. The van der Waals surface area contributed by atoms with Gasteiger partial charge in [-0.2, -0.15) is 10.2 Å². The van der Waals surface area contributed by atoms with Crippen LogP contribution in [0.5, 0.6) is 0 Å². The standard InChI is InChI=1S/C14H14N6O2/c1-8-11(12(13(15)21)19(2)17-8)16-14(22)10-7-9-5-3-4-6-20(9)18-10/h3-7H,1-2H3,(H2,15,21)(H,16,22). The first-order valence-electron chi connectivity index (χ1n) is 6.56. The molecule has 0 unspecified atom stereocenters. The van der Waals surface area contributed by atoms with E-state index in [0.717, 1.165) is 5.52 Å². The van der Waals surface area contributed by atoms with E-state index in [9.17, 15) is 9.59 Å². The second-order valence-electron chi connectivity index (χ2n) is 4.85. The molecule has 112 valence electrons. The van der Waals surface area contributed by atoms with E-state index in [-0.39, 0.29) is 11.4 Å². The molecule has 0 aromatic carbocycles. The largest absolute Gasteiger partial charge is 0.364 e. The maximum Gasteiger partial charge on any atom is 0.276 e. The van der Waals surface area contributed by atoms with E-state index in [4.69, 9.17) is 5.73 Å². The fourth-order valence-corrected chi connectivity index (χ4v) is 2.32. The van der Waals surface area contributed by atoms with Crippen molar-refractivity contribution in [1.29, 1.82) is 0 Å². The van der Waals surface area contributed by atoms with Gasteiger partial charge in [0, 0.05) is 13.2 Å². The van der Waals surface area contributed by atoms with Gasteiger partial charge < -0.3 is 11.1 Å². The lowest BCUT2D eigenvalue weighted by molar-refractivity contribution is 0.0992. The third-order valence-electron chi connectivity index (χ3n) is 3.30. The molecule has 2 amide bonds. The van der Waals surface area contributed by atoms with Gasteiger partial charge in [-0.1, -0.05) is 6.07 Å². The topological polar surface area (TPSA) is 107 Å². The maximum atomic E-state index is 12.3. The summed E-state index contributed by atoms with van der Waals surface area (Å²) in [4.78, 5) is 23.8. The lowest BCUT2D eigenvalue weighted by atomic mass is 10.2. The van der Waals surface area contributed by atoms with Crippen LogP contribution in [0.25, 0.3) is 5.52 Å². The van der Waals surface area contributed by atoms with Crippen molar-refractivity contribution >= 4 is 23.0 Å². The zero-order valence-corrected chi connectivity index (χ0v) is 12.1. The van der Waals surface area contributed by atoms with Crippen LogP contribution in [0.1, 0.15) is 26.7 Å². The number of carbonyl (C=O) groups is 2. The lowest BCUT2D eigenvalue weighted by Crippen LogP contribution is -2.20. The molecule has 0 aliphatic rings. The van der Waals surface area contributed by atoms with Crippen LogP contribution in [0, 0.1) is 6.92 Å². The minimum atomic E-state index is -0.659. The number of nitrogens with two attached hydrogens (primary N) is 1. The van der Waals surface area contributed by atoms with Gasteiger partial charge in [0.15, 0.2) is 5.69 Å². The van der Waals surface area contributed by atoms with Crippen molar-refractivity contribution < 1.29 is 9.59 Å². The number of nitrogens with zero attached hydrogens (tertiary/aromatic N) is 4. The Morgan fingerprint density at radius 3 is 2.73 bits per heavy atom. The number of fused-ring (bicyclic) bond motifs is 1. The van der Waals surface area contributed by atoms with Gasteiger partial charge in [-0.25, -0.2) is 4.52 Å². The number of nitrogens with one attached hydrogen (secondary N) is 1. The number of aromatic nitrogens is 4. The van der Waals surface area contributed by atoms with Crippen molar-refractivity contribution in [3.8, 4) is 0 Å². The second-order valence-corrected chi connectivity index (χ2v) is 4.85. The summed E-state index contributed by atoms with van der Waals surface area (Å²) in [7, 11) is 1.59. The number of carbonyl (C=O) groups excluding carboxylic acids is 2. The summed E-state index contributed by atoms with van der Waals surface area (Å²) in [6.45, 7) is 1.69. The molecule has 0 aliphatic heterocycles. The van der Waals surface area contributed by atoms with Crippen molar-refractivity contribution in [3.05, 3.63) is 47.5 Å². The average Bonchev–Trinajstić information content (AvgIpc) is 3.00. The second kappa shape index (κ2) is 4.99. The minimum Gasteiger partial charge on any atom is -0.364 e. The monoisotopic (exact) mass is 298 g/mol. The quantitative estimate of drug-likeness (QED) is 0.743. The Kier molecular flexibility index (Phi) is 3.13. The summed E-state index contributed by atoms with van der Waals surface area (Å²) >= 11 is 0. The molecule has 0 fully saturated rings. The van der Waals surface area contributed by atoms with Gasteiger partial charge in [0.05, 0.1) is 16.9 Å². The van der Waals surface area contributed by atoms with Crippen LogP contribution in [0.4, 0.5) is 5.69 Å². The Hall–Kier alpha value is -3.16. The van der Waals surface area contributed by atoms with E-state index in [2.05, 4.69) is 15.5 Å². The van der Waals surface area contributed by atoms with Crippen LogP contribution in [-0.2, 0) is 7.05 Å². The molecule has 3 heterocycles. The number of hydrogen-bond donors (Lipinski definition) is 2. The molecule has 3 N–H and O–H groups in total. The molecule has 3 aromatic rings. The number of pyridine rings is 1. The van der Waals surface area contributed by atoms with Crippen LogP contribution in [0.15, 0.2) is 30.5 Å². The molecular formula is C14H14N6O2. The van der Waals surface area contributed by atoms with Crippen molar-refractivity contribution in [1.82, 2.24) is 19.4 Å². The Balaban J connectivity index is 1.96. The average molecular weight is 298 g/mol. The summed E-state index contributed by atoms with van der Waals surface area (Å²) in [6, 6.07) is 7.17. The van der Waals surface area contributed by atoms with Gasteiger partial charge in [-0.3, -0.25) is 14.3 Å². The Morgan fingerprint density at radius 1 is 1.27 bits per heavy atom. The van der Waals surface area contributed by atoms with Crippen molar-refractivity contribution in [2.45, 2.75) is 6.92 Å². The number of amides is 2. The molecule has 0 aliphatic carbocycles. The predicted octanol–water partition coefficient (Wildman–Crippen LogP) is 0.727. The highest BCUT2D eigenvalue weighted by atomic mass is 16.2. The van der Waals surface area contributed by atoms with E-state index in [1.807, 2.05) is 18.2 Å². The van der Waals surface area contributed by atoms with Gasteiger partial charge >= 0.3 is 0 Å². The Bertz CT molecular complexity index is 859. The van der Waals surface area contributed by atoms with Gasteiger partial charge in [0.1, 0.15) is 5.69 Å². The van der Waals surface area contributed by atoms with E-state index >= 15 is 0 Å². The molecule has 0 atom stereocenters. The first kappa shape index (κ1) is 13.8. The van der Waals surface area contributed by atoms with Gasteiger partial charge in [-0.15, -0.1) is 0 Å². The molecule has 22 heavy (non-hydrogen) atoms. The molecule has 8 heteroatoms. The van der Waals surface area contributed by atoms with Gasteiger partial charge in [0.25, 0.3) is 11.8 Å². The van der Waals surface area contributed by atoms with Crippen LogP contribution >= 0.6 is 0 Å². The first-order chi connectivity index (χ1) is 10.5. The van der Waals surface area contributed by atoms with Gasteiger partial charge in [-0.05, 0) is 25.1 Å². The zero-order valence-electron chi connectivity index (χ0n) is 12.1. The highest BCUT2D eigenvalue weighted by Gasteiger charge is 2.21. The van der Waals surface area contributed by atoms with Gasteiger partial charge in [0.2, 0.25) is 0 Å². The van der Waals surface area contributed by atoms with E-state index in [1.165, 1.54) is 4.68 Å². The number of aryl methyl sites for hydroxylation is 2. The Labute approximate surface area is 125 Å². The third kappa shape index (κ3) is 2.20.